The van der Waals surface area contributed by atoms with Gasteiger partial charge in [0.2, 0.25) is 0 Å². The Bertz CT molecular complexity index is 504. The van der Waals surface area contributed by atoms with E-state index in [1.807, 2.05) is 6.92 Å². The maximum Gasteiger partial charge on any atom is 0.346 e. The Morgan fingerprint density at radius 2 is 1.79 bits per heavy atom. The summed E-state index contributed by atoms with van der Waals surface area (Å²) in [6, 6.07) is 6.39. The van der Waals surface area contributed by atoms with Crippen LogP contribution in [0, 0.1) is 0 Å². The highest BCUT2D eigenvalue weighted by Crippen LogP contribution is 2.24. The normalized spacial score (nSPS) is 15.4. The summed E-state index contributed by atoms with van der Waals surface area (Å²) in [4.78, 5) is 40.7. The molecule has 0 N–H and O–H groups in total. The van der Waals surface area contributed by atoms with Crippen molar-refractivity contribution in [3.8, 4) is 0 Å². The van der Waals surface area contributed by atoms with E-state index in [0.717, 1.165) is 0 Å². The lowest BCUT2D eigenvalue weighted by Crippen LogP contribution is -2.35. The van der Waals surface area contributed by atoms with Crippen molar-refractivity contribution >= 4 is 29.5 Å². The SMILES string of the molecule is CCC(SC)C(=O)ON1C(=O)c2ccccc2C1=O. The molecule has 6 heteroatoms. The predicted molar refractivity (Wildman–Crippen MR) is 70.6 cm³/mol. The number of nitrogens with zero attached hydrogens (tertiary/aromatic N) is 1. The van der Waals surface area contributed by atoms with Gasteiger partial charge in [0, 0.05) is 0 Å². The van der Waals surface area contributed by atoms with E-state index < -0.39 is 17.8 Å². The van der Waals surface area contributed by atoms with E-state index in [1.54, 1.807) is 18.4 Å². The first kappa shape index (κ1) is 13.6. The van der Waals surface area contributed by atoms with E-state index in [1.165, 1.54) is 23.9 Å². The molecular formula is C13H13NO4S. The van der Waals surface area contributed by atoms with Crippen molar-refractivity contribution in [1.82, 2.24) is 5.06 Å². The number of hydroxylamine groups is 2. The Kier molecular flexibility index (Phi) is 3.90. The Balaban J connectivity index is 2.19. The molecule has 100 valence electrons. The van der Waals surface area contributed by atoms with Crippen LogP contribution in [-0.4, -0.2) is 34.4 Å². The number of benzene rings is 1. The first-order valence-electron chi connectivity index (χ1n) is 5.82. The third-order valence-corrected chi connectivity index (χ3v) is 3.95. The standard InChI is InChI=1S/C13H13NO4S/c1-3-10(19-2)13(17)18-14-11(15)8-6-4-5-7-9(8)12(14)16/h4-7,10H,3H2,1-2H3. The molecule has 0 radical (unpaired) electrons. The van der Waals surface area contributed by atoms with Crippen LogP contribution in [0.15, 0.2) is 24.3 Å². The first-order valence-corrected chi connectivity index (χ1v) is 7.11. The fraction of sp³-hybridized carbons (Fsp3) is 0.308. The quantitative estimate of drug-likeness (QED) is 0.787. The van der Waals surface area contributed by atoms with Crippen molar-refractivity contribution in [2.75, 3.05) is 6.26 Å². The highest BCUT2D eigenvalue weighted by molar-refractivity contribution is 7.99. The van der Waals surface area contributed by atoms with Crippen molar-refractivity contribution in [1.29, 1.82) is 0 Å². The third kappa shape index (κ3) is 2.35. The van der Waals surface area contributed by atoms with Crippen molar-refractivity contribution < 1.29 is 19.2 Å². The largest absolute Gasteiger partial charge is 0.346 e. The fourth-order valence-electron chi connectivity index (χ4n) is 1.83. The molecule has 0 fully saturated rings. The lowest BCUT2D eigenvalue weighted by molar-refractivity contribution is -0.167. The Labute approximate surface area is 114 Å². The van der Waals surface area contributed by atoms with Gasteiger partial charge >= 0.3 is 5.97 Å². The highest BCUT2D eigenvalue weighted by Gasteiger charge is 2.39. The number of rotatable bonds is 4. The second-order valence-corrected chi connectivity index (χ2v) is 5.03. The van der Waals surface area contributed by atoms with Gasteiger partial charge in [-0.25, -0.2) is 4.79 Å². The van der Waals surface area contributed by atoms with Crippen LogP contribution in [0.3, 0.4) is 0 Å². The lowest BCUT2D eigenvalue weighted by atomic mass is 10.1. The number of thioether (sulfide) groups is 1. The van der Waals surface area contributed by atoms with Crippen LogP contribution in [0.2, 0.25) is 0 Å². The van der Waals surface area contributed by atoms with Gasteiger partial charge < -0.3 is 4.84 Å². The molecule has 1 aliphatic heterocycles. The van der Waals surface area contributed by atoms with Crippen LogP contribution in [0.4, 0.5) is 0 Å². The summed E-state index contributed by atoms with van der Waals surface area (Å²) in [5.41, 5.74) is 0.523. The molecule has 0 bridgehead atoms. The molecule has 1 aromatic rings. The number of carbonyl (C=O) groups is 3. The summed E-state index contributed by atoms with van der Waals surface area (Å²) in [6.07, 6.45) is 2.35. The summed E-state index contributed by atoms with van der Waals surface area (Å²) in [7, 11) is 0. The zero-order valence-electron chi connectivity index (χ0n) is 10.6. The average Bonchev–Trinajstić information content (AvgIpc) is 2.66. The molecule has 1 aliphatic rings. The molecule has 5 nitrogen and oxygen atoms in total. The summed E-state index contributed by atoms with van der Waals surface area (Å²) < 4.78 is 0. The van der Waals surface area contributed by atoms with E-state index >= 15 is 0 Å². The second-order valence-electron chi connectivity index (χ2n) is 3.99. The van der Waals surface area contributed by atoms with Crippen molar-refractivity contribution in [3.63, 3.8) is 0 Å². The number of fused-ring (bicyclic) bond motifs is 1. The smallest absolute Gasteiger partial charge is 0.328 e. The van der Waals surface area contributed by atoms with Crippen LogP contribution in [-0.2, 0) is 9.63 Å². The first-order chi connectivity index (χ1) is 9.10. The van der Waals surface area contributed by atoms with Gasteiger partial charge in [0.05, 0.1) is 11.1 Å². The van der Waals surface area contributed by atoms with Gasteiger partial charge in [-0.1, -0.05) is 24.1 Å². The maximum absolute atomic E-state index is 12.0. The van der Waals surface area contributed by atoms with Crippen molar-refractivity contribution in [2.45, 2.75) is 18.6 Å². The van der Waals surface area contributed by atoms with E-state index in [2.05, 4.69) is 0 Å². The molecule has 19 heavy (non-hydrogen) atoms. The number of carbonyl (C=O) groups excluding carboxylic acids is 3. The van der Waals surface area contributed by atoms with Crippen LogP contribution in [0.25, 0.3) is 0 Å². The fourth-order valence-corrected chi connectivity index (χ4v) is 2.40. The van der Waals surface area contributed by atoms with E-state index in [4.69, 9.17) is 4.84 Å². The van der Waals surface area contributed by atoms with Gasteiger partial charge in [0.15, 0.2) is 0 Å². The molecular weight excluding hydrogens is 266 g/mol. The monoisotopic (exact) mass is 279 g/mol. The van der Waals surface area contributed by atoms with Gasteiger partial charge in [-0.2, -0.15) is 11.8 Å². The number of hydrogen-bond acceptors (Lipinski definition) is 5. The van der Waals surface area contributed by atoms with Gasteiger partial charge in [-0.3, -0.25) is 9.59 Å². The van der Waals surface area contributed by atoms with Crippen LogP contribution < -0.4 is 0 Å². The molecule has 1 atom stereocenters. The van der Waals surface area contributed by atoms with Crippen molar-refractivity contribution in [2.24, 2.45) is 0 Å². The summed E-state index contributed by atoms with van der Waals surface area (Å²) in [5.74, 6) is -1.76. The van der Waals surface area contributed by atoms with Crippen LogP contribution >= 0.6 is 11.8 Å². The molecule has 1 heterocycles. The zero-order valence-corrected chi connectivity index (χ0v) is 11.4. The van der Waals surface area contributed by atoms with Gasteiger partial charge in [-0.05, 0) is 24.8 Å². The molecule has 1 aromatic carbocycles. The third-order valence-electron chi connectivity index (χ3n) is 2.86. The Morgan fingerprint density at radius 1 is 1.26 bits per heavy atom. The van der Waals surface area contributed by atoms with Gasteiger partial charge in [-0.15, -0.1) is 0 Å². The zero-order chi connectivity index (χ0) is 14.0. The lowest BCUT2D eigenvalue weighted by Gasteiger charge is -2.16. The second kappa shape index (κ2) is 5.44. The Hall–Kier alpha value is -1.82. The summed E-state index contributed by atoms with van der Waals surface area (Å²) in [5, 5.41) is 0.163. The van der Waals surface area contributed by atoms with Crippen LogP contribution in [0.1, 0.15) is 34.1 Å². The number of hydrogen-bond donors (Lipinski definition) is 0. The number of amides is 2. The minimum absolute atomic E-state index is 0.262. The topological polar surface area (TPSA) is 63.7 Å². The molecule has 0 spiro atoms. The minimum atomic E-state index is -0.593. The summed E-state index contributed by atoms with van der Waals surface area (Å²) in [6.45, 7) is 1.84. The molecule has 0 aliphatic carbocycles. The molecule has 0 saturated heterocycles. The molecule has 0 aromatic heterocycles. The molecule has 1 unspecified atom stereocenters. The molecule has 2 rings (SSSR count). The average molecular weight is 279 g/mol. The van der Waals surface area contributed by atoms with Gasteiger partial charge in [0.1, 0.15) is 5.25 Å². The van der Waals surface area contributed by atoms with Crippen molar-refractivity contribution in [3.05, 3.63) is 35.4 Å². The molecule has 2 amide bonds. The van der Waals surface area contributed by atoms with Crippen LogP contribution in [0.5, 0.6) is 0 Å². The van der Waals surface area contributed by atoms with Gasteiger partial charge in [0.25, 0.3) is 11.8 Å². The van der Waals surface area contributed by atoms with E-state index in [0.29, 0.717) is 11.5 Å². The minimum Gasteiger partial charge on any atom is -0.328 e. The van der Waals surface area contributed by atoms with E-state index in [9.17, 15) is 14.4 Å². The summed E-state index contributed by atoms with van der Waals surface area (Å²) >= 11 is 1.32. The number of imide groups is 1. The predicted octanol–water partition coefficient (Wildman–Crippen LogP) is 1.88. The van der Waals surface area contributed by atoms with E-state index in [-0.39, 0.29) is 16.4 Å². The highest BCUT2D eigenvalue weighted by atomic mass is 32.2. The Morgan fingerprint density at radius 3 is 2.21 bits per heavy atom. The maximum atomic E-state index is 12.0. The molecule has 0 saturated carbocycles.